The van der Waals surface area contributed by atoms with E-state index >= 15 is 0 Å². The number of primary amides is 1. The van der Waals surface area contributed by atoms with Gasteiger partial charge in [-0.3, -0.25) is 4.79 Å². The maximum absolute atomic E-state index is 13.0. The molecule has 0 aliphatic carbocycles. The number of anilines is 1. The molecule has 2 aromatic carbocycles. The largest absolute Gasteiger partial charge is 0.398 e. The first kappa shape index (κ1) is 15.0. The standard InChI is InChI=1S/C14H13FN2O3S/c15-11-5-6-13(12(16)7-11)21(19,20)8-9-1-3-10(4-2-9)14(17)18/h1-7H,8,16H2,(H2,17,18). The zero-order valence-corrected chi connectivity index (χ0v) is 11.7. The number of benzene rings is 2. The van der Waals surface area contributed by atoms with Gasteiger partial charge in [0.1, 0.15) is 5.82 Å². The number of carbonyl (C=O) groups is 1. The van der Waals surface area contributed by atoms with Crippen LogP contribution < -0.4 is 11.5 Å². The van der Waals surface area contributed by atoms with Gasteiger partial charge in [-0.15, -0.1) is 0 Å². The molecule has 0 saturated heterocycles. The minimum absolute atomic E-state index is 0.122. The van der Waals surface area contributed by atoms with Gasteiger partial charge in [-0.1, -0.05) is 12.1 Å². The monoisotopic (exact) mass is 308 g/mol. The molecule has 4 N–H and O–H groups in total. The summed E-state index contributed by atoms with van der Waals surface area (Å²) in [5, 5.41) is 0. The first-order valence-corrected chi connectivity index (χ1v) is 7.61. The summed E-state index contributed by atoms with van der Waals surface area (Å²) in [7, 11) is -3.70. The fourth-order valence-electron chi connectivity index (χ4n) is 1.86. The van der Waals surface area contributed by atoms with E-state index in [4.69, 9.17) is 11.5 Å². The Bertz CT molecular complexity index is 786. The van der Waals surface area contributed by atoms with E-state index in [9.17, 15) is 17.6 Å². The van der Waals surface area contributed by atoms with Crippen LogP contribution >= 0.6 is 0 Å². The number of rotatable bonds is 4. The van der Waals surface area contributed by atoms with Crippen LogP contribution in [0.1, 0.15) is 15.9 Å². The molecule has 1 amide bonds. The normalized spacial score (nSPS) is 11.3. The van der Waals surface area contributed by atoms with Crippen LogP contribution in [0.15, 0.2) is 47.4 Å². The highest BCUT2D eigenvalue weighted by Gasteiger charge is 2.19. The van der Waals surface area contributed by atoms with Crippen molar-refractivity contribution in [1.82, 2.24) is 0 Å². The smallest absolute Gasteiger partial charge is 0.248 e. The second-order valence-corrected chi connectivity index (χ2v) is 6.46. The Kier molecular flexibility index (Phi) is 3.95. The van der Waals surface area contributed by atoms with Crippen LogP contribution in [0.25, 0.3) is 0 Å². The lowest BCUT2D eigenvalue weighted by Crippen LogP contribution is -2.11. The minimum Gasteiger partial charge on any atom is -0.398 e. The van der Waals surface area contributed by atoms with Crippen LogP contribution in [0.2, 0.25) is 0 Å². The van der Waals surface area contributed by atoms with E-state index in [1.165, 1.54) is 24.3 Å². The van der Waals surface area contributed by atoms with Gasteiger partial charge in [0.15, 0.2) is 9.84 Å². The molecule has 0 atom stereocenters. The van der Waals surface area contributed by atoms with Crippen LogP contribution in [-0.4, -0.2) is 14.3 Å². The SMILES string of the molecule is NC(=O)c1ccc(CS(=O)(=O)c2ccc(F)cc2N)cc1. The van der Waals surface area contributed by atoms with Gasteiger partial charge in [-0.25, -0.2) is 12.8 Å². The average molecular weight is 308 g/mol. The van der Waals surface area contributed by atoms with Gasteiger partial charge in [-0.05, 0) is 35.9 Å². The van der Waals surface area contributed by atoms with Crippen molar-refractivity contribution < 1.29 is 17.6 Å². The second kappa shape index (κ2) is 5.53. The topological polar surface area (TPSA) is 103 Å². The highest BCUT2D eigenvalue weighted by atomic mass is 32.2. The number of hydrogen-bond donors (Lipinski definition) is 2. The van der Waals surface area contributed by atoms with E-state index in [-0.39, 0.29) is 21.9 Å². The van der Waals surface area contributed by atoms with Crippen molar-refractivity contribution in [2.24, 2.45) is 5.73 Å². The first-order valence-electron chi connectivity index (χ1n) is 5.96. The summed E-state index contributed by atoms with van der Waals surface area (Å²) in [6.45, 7) is 0. The van der Waals surface area contributed by atoms with Crippen LogP contribution in [0, 0.1) is 5.82 Å². The van der Waals surface area contributed by atoms with Gasteiger partial charge in [-0.2, -0.15) is 0 Å². The van der Waals surface area contributed by atoms with E-state index < -0.39 is 21.6 Å². The summed E-state index contributed by atoms with van der Waals surface area (Å²) < 4.78 is 37.5. The number of hydrogen-bond acceptors (Lipinski definition) is 4. The van der Waals surface area contributed by atoms with Gasteiger partial charge in [0, 0.05) is 5.56 Å². The summed E-state index contributed by atoms with van der Waals surface area (Å²) in [6, 6.07) is 9.03. The summed E-state index contributed by atoms with van der Waals surface area (Å²) in [5.41, 5.74) is 11.3. The Morgan fingerprint density at radius 3 is 2.24 bits per heavy atom. The molecule has 7 heteroatoms. The molecule has 2 aromatic rings. The van der Waals surface area contributed by atoms with Crippen molar-refractivity contribution >= 4 is 21.4 Å². The van der Waals surface area contributed by atoms with Gasteiger partial charge in [0.05, 0.1) is 16.3 Å². The molecule has 0 aromatic heterocycles. The predicted molar refractivity (Wildman–Crippen MR) is 76.7 cm³/mol. The number of nitrogens with two attached hydrogens (primary N) is 2. The third kappa shape index (κ3) is 3.38. The van der Waals surface area contributed by atoms with Crippen LogP contribution in [0.5, 0.6) is 0 Å². The molecule has 2 rings (SSSR count). The number of halogens is 1. The fraction of sp³-hybridized carbons (Fsp3) is 0.0714. The lowest BCUT2D eigenvalue weighted by atomic mass is 10.1. The minimum atomic E-state index is -3.70. The number of nitrogen functional groups attached to an aromatic ring is 1. The zero-order valence-electron chi connectivity index (χ0n) is 10.9. The van der Waals surface area contributed by atoms with E-state index in [0.29, 0.717) is 5.56 Å². The molecule has 0 aliphatic heterocycles. The van der Waals surface area contributed by atoms with Crippen molar-refractivity contribution in [2.75, 3.05) is 5.73 Å². The van der Waals surface area contributed by atoms with Crippen molar-refractivity contribution in [3.05, 3.63) is 59.4 Å². The number of amides is 1. The predicted octanol–water partition coefficient (Wildman–Crippen LogP) is 1.48. The van der Waals surface area contributed by atoms with Crippen LogP contribution in [0.3, 0.4) is 0 Å². The lowest BCUT2D eigenvalue weighted by Gasteiger charge is -2.08. The van der Waals surface area contributed by atoms with Gasteiger partial charge < -0.3 is 11.5 Å². The Morgan fingerprint density at radius 2 is 1.71 bits per heavy atom. The molecular weight excluding hydrogens is 295 g/mol. The van der Waals surface area contributed by atoms with Gasteiger partial charge in [0.2, 0.25) is 5.91 Å². The van der Waals surface area contributed by atoms with Gasteiger partial charge in [0.25, 0.3) is 0 Å². The maximum Gasteiger partial charge on any atom is 0.248 e. The van der Waals surface area contributed by atoms with Crippen LogP contribution in [0.4, 0.5) is 10.1 Å². The van der Waals surface area contributed by atoms with E-state index in [2.05, 4.69) is 0 Å². The second-order valence-electron chi connectivity index (χ2n) is 4.50. The summed E-state index contributed by atoms with van der Waals surface area (Å²) in [5.74, 6) is -1.49. The molecular formula is C14H13FN2O3S. The quantitative estimate of drug-likeness (QED) is 0.659. The lowest BCUT2D eigenvalue weighted by molar-refractivity contribution is 0.100. The Balaban J connectivity index is 2.30. The molecule has 0 aliphatic rings. The van der Waals surface area contributed by atoms with Crippen molar-refractivity contribution in [1.29, 1.82) is 0 Å². The molecule has 5 nitrogen and oxygen atoms in total. The van der Waals surface area contributed by atoms with Crippen molar-refractivity contribution in [2.45, 2.75) is 10.6 Å². The van der Waals surface area contributed by atoms with E-state index in [1.54, 1.807) is 0 Å². The number of carbonyl (C=O) groups excluding carboxylic acids is 1. The summed E-state index contributed by atoms with van der Waals surface area (Å²) in [6.07, 6.45) is 0. The fourth-order valence-corrected chi connectivity index (χ4v) is 3.35. The highest BCUT2D eigenvalue weighted by Crippen LogP contribution is 2.23. The molecule has 0 heterocycles. The molecule has 0 radical (unpaired) electrons. The Hall–Kier alpha value is -2.41. The molecule has 21 heavy (non-hydrogen) atoms. The maximum atomic E-state index is 13.0. The first-order chi connectivity index (χ1) is 9.79. The van der Waals surface area contributed by atoms with E-state index in [1.807, 2.05) is 0 Å². The summed E-state index contributed by atoms with van der Waals surface area (Å²) >= 11 is 0. The molecule has 0 unspecified atom stereocenters. The average Bonchev–Trinajstić information content (AvgIpc) is 2.38. The molecule has 0 fully saturated rings. The highest BCUT2D eigenvalue weighted by molar-refractivity contribution is 7.90. The molecule has 110 valence electrons. The molecule has 0 bridgehead atoms. The van der Waals surface area contributed by atoms with Crippen LogP contribution in [-0.2, 0) is 15.6 Å². The van der Waals surface area contributed by atoms with Crippen molar-refractivity contribution in [3.63, 3.8) is 0 Å². The molecule has 0 spiro atoms. The van der Waals surface area contributed by atoms with Gasteiger partial charge >= 0.3 is 0 Å². The van der Waals surface area contributed by atoms with Crippen molar-refractivity contribution in [3.8, 4) is 0 Å². The summed E-state index contributed by atoms with van der Waals surface area (Å²) in [4.78, 5) is 10.8. The molecule has 0 saturated carbocycles. The number of sulfone groups is 1. The third-order valence-electron chi connectivity index (χ3n) is 2.90. The zero-order chi connectivity index (χ0) is 15.6. The Labute approximate surface area is 121 Å². The third-order valence-corrected chi connectivity index (χ3v) is 4.66. The Morgan fingerprint density at radius 1 is 1.10 bits per heavy atom. The van der Waals surface area contributed by atoms with E-state index in [0.717, 1.165) is 18.2 Å².